The van der Waals surface area contributed by atoms with Crippen LogP contribution in [0.5, 0.6) is 5.75 Å². The van der Waals surface area contributed by atoms with Crippen LogP contribution in [0.15, 0.2) is 60.3 Å². The number of amides is 3. The highest BCUT2D eigenvalue weighted by atomic mass is 35.5. The summed E-state index contributed by atoms with van der Waals surface area (Å²) >= 11 is 24.9. The summed E-state index contributed by atoms with van der Waals surface area (Å²) in [5.41, 5.74) is 3.33. The number of hydrogen-bond donors (Lipinski definition) is 1. The first-order valence-corrected chi connectivity index (χ1v) is 11.7. The van der Waals surface area contributed by atoms with Gasteiger partial charge in [0.1, 0.15) is 12.3 Å². The van der Waals surface area contributed by atoms with Gasteiger partial charge in [0.2, 0.25) is 0 Å². The first-order chi connectivity index (χ1) is 16.2. The average molecular weight is 536 g/mol. The van der Waals surface area contributed by atoms with E-state index < -0.39 is 11.9 Å². The molecule has 3 aromatic carbocycles. The summed E-state index contributed by atoms with van der Waals surface area (Å²) in [6.45, 7) is 2.28. The van der Waals surface area contributed by atoms with Crippen molar-refractivity contribution in [2.75, 3.05) is 0 Å². The number of nitrogens with one attached hydrogen (secondary N) is 1. The lowest BCUT2D eigenvalue weighted by Crippen LogP contribution is -2.30. The van der Waals surface area contributed by atoms with Gasteiger partial charge in [0, 0.05) is 15.6 Å². The van der Waals surface area contributed by atoms with Crippen LogP contribution < -0.4 is 10.1 Å². The lowest BCUT2D eigenvalue weighted by molar-refractivity contribution is -0.123. The van der Waals surface area contributed by atoms with Gasteiger partial charge in [-0.2, -0.15) is 0 Å². The minimum Gasteiger partial charge on any atom is -0.486 e. The molecule has 5 nitrogen and oxygen atoms in total. The van der Waals surface area contributed by atoms with E-state index in [1.807, 2.05) is 31.2 Å². The summed E-state index contributed by atoms with van der Waals surface area (Å²) in [4.78, 5) is 26.3. The Morgan fingerprint density at radius 3 is 2.24 bits per heavy atom. The first kappa shape index (κ1) is 24.4. The predicted molar refractivity (Wildman–Crippen MR) is 135 cm³/mol. The zero-order chi connectivity index (χ0) is 24.4. The third-order valence-electron chi connectivity index (χ3n) is 5.14. The number of imide groups is 1. The summed E-state index contributed by atoms with van der Waals surface area (Å²) in [6, 6.07) is 15.4. The fourth-order valence-corrected chi connectivity index (χ4v) is 4.42. The van der Waals surface area contributed by atoms with Gasteiger partial charge in [-0.05, 0) is 48.4 Å². The zero-order valence-corrected chi connectivity index (χ0v) is 20.9. The van der Waals surface area contributed by atoms with Gasteiger partial charge in [-0.3, -0.25) is 9.69 Å². The highest BCUT2D eigenvalue weighted by Gasteiger charge is 2.33. The fraction of sp³-hybridized carbons (Fsp3) is 0.120. The van der Waals surface area contributed by atoms with Crippen molar-refractivity contribution in [2.45, 2.75) is 20.1 Å². The molecule has 0 atom stereocenters. The predicted octanol–water partition coefficient (Wildman–Crippen LogP) is 7.28. The maximum Gasteiger partial charge on any atom is 0.329 e. The maximum atomic E-state index is 12.8. The summed E-state index contributed by atoms with van der Waals surface area (Å²) < 4.78 is 5.77. The van der Waals surface area contributed by atoms with Gasteiger partial charge < -0.3 is 10.1 Å². The van der Waals surface area contributed by atoms with E-state index in [1.165, 1.54) is 6.08 Å². The smallest absolute Gasteiger partial charge is 0.329 e. The second kappa shape index (κ2) is 10.3. The third-order valence-corrected chi connectivity index (χ3v) is 6.29. The van der Waals surface area contributed by atoms with Crippen LogP contribution >= 0.6 is 46.4 Å². The topological polar surface area (TPSA) is 58.6 Å². The first-order valence-electron chi connectivity index (χ1n) is 10.2. The molecular weight excluding hydrogens is 518 g/mol. The number of hydrogen-bond acceptors (Lipinski definition) is 3. The Balaban J connectivity index is 1.50. The molecule has 0 aromatic heterocycles. The van der Waals surface area contributed by atoms with Crippen molar-refractivity contribution in [1.29, 1.82) is 0 Å². The molecule has 9 heteroatoms. The number of aryl methyl sites for hydroxylation is 1. The number of nitrogens with zero attached hydrogens (tertiary/aromatic N) is 1. The van der Waals surface area contributed by atoms with E-state index in [0.29, 0.717) is 15.6 Å². The maximum absolute atomic E-state index is 12.8. The molecule has 1 fully saturated rings. The number of carbonyl (C=O) groups excluding carboxylic acids is 2. The van der Waals surface area contributed by atoms with E-state index in [0.717, 1.165) is 21.6 Å². The molecular formula is C25H18Cl4N2O3. The van der Waals surface area contributed by atoms with Crippen LogP contribution in [0.25, 0.3) is 6.08 Å². The Kier molecular flexibility index (Phi) is 7.39. The van der Waals surface area contributed by atoms with Crippen LogP contribution in [-0.2, 0) is 17.9 Å². The van der Waals surface area contributed by atoms with Crippen molar-refractivity contribution in [3.63, 3.8) is 0 Å². The average Bonchev–Trinajstić information content (AvgIpc) is 3.03. The lowest BCUT2D eigenvalue weighted by atomic mass is 10.1. The summed E-state index contributed by atoms with van der Waals surface area (Å²) in [5.74, 6) is -0.158. The zero-order valence-electron chi connectivity index (χ0n) is 17.9. The van der Waals surface area contributed by atoms with Gasteiger partial charge in [0.05, 0.1) is 16.6 Å². The number of carbonyl (C=O) groups is 2. The van der Waals surface area contributed by atoms with Crippen molar-refractivity contribution in [3.8, 4) is 5.75 Å². The monoisotopic (exact) mass is 534 g/mol. The number of halogens is 4. The third kappa shape index (κ3) is 5.50. The molecule has 3 amide bonds. The highest BCUT2D eigenvalue weighted by Crippen LogP contribution is 2.36. The number of ether oxygens (including phenoxy) is 1. The van der Waals surface area contributed by atoms with E-state index in [-0.39, 0.29) is 34.6 Å². The highest BCUT2D eigenvalue weighted by molar-refractivity contribution is 6.37. The Morgan fingerprint density at radius 1 is 0.912 bits per heavy atom. The van der Waals surface area contributed by atoms with Gasteiger partial charge in [-0.25, -0.2) is 4.79 Å². The van der Waals surface area contributed by atoms with Crippen molar-refractivity contribution < 1.29 is 14.3 Å². The van der Waals surface area contributed by atoms with E-state index in [1.54, 1.807) is 30.3 Å². The molecule has 0 bridgehead atoms. The van der Waals surface area contributed by atoms with Crippen LogP contribution in [0.1, 0.15) is 22.3 Å². The standard InChI is InChI=1S/C25H18Cl4N2O3/c1-14-2-4-15(5-3-14)12-31-24(32)22(30-25(31)33)10-16-8-20(28)23(21(29)9-16)34-13-17-6-7-18(26)11-19(17)27/h2-11H,12-13H2,1H3,(H,30,33)/b22-10+. The Bertz CT molecular complexity index is 1280. The minimum atomic E-state index is -0.492. The molecule has 0 unspecified atom stereocenters. The number of rotatable bonds is 6. The van der Waals surface area contributed by atoms with Crippen molar-refractivity contribution in [3.05, 3.63) is 103 Å². The second-order valence-electron chi connectivity index (χ2n) is 7.70. The van der Waals surface area contributed by atoms with Crippen molar-refractivity contribution in [2.24, 2.45) is 0 Å². The van der Waals surface area contributed by atoms with Crippen molar-refractivity contribution >= 4 is 64.4 Å². The van der Waals surface area contributed by atoms with Crippen LogP contribution in [0.4, 0.5) is 4.79 Å². The molecule has 34 heavy (non-hydrogen) atoms. The van der Waals surface area contributed by atoms with Gasteiger partial charge in [0.15, 0.2) is 5.75 Å². The second-order valence-corrected chi connectivity index (χ2v) is 9.36. The fourth-order valence-electron chi connectivity index (χ4n) is 3.35. The van der Waals surface area contributed by atoms with Crippen LogP contribution in [-0.4, -0.2) is 16.8 Å². The Labute approximate surface area is 216 Å². The van der Waals surface area contributed by atoms with E-state index in [2.05, 4.69) is 5.32 Å². The molecule has 4 rings (SSSR count). The molecule has 0 radical (unpaired) electrons. The normalized spacial score (nSPS) is 14.6. The van der Waals surface area contributed by atoms with Gasteiger partial charge >= 0.3 is 6.03 Å². The molecule has 1 N–H and O–H groups in total. The number of urea groups is 1. The number of benzene rings is 3. The molecule has 0 aliphatic carbocycles. The summed E-state index contributed by atoms with van der Waals surface area (Å²) in [6.07, 6.45) is 1.52. The molecule has 1 saturated heterocycles. The Morgan fingerprint density at radius 2 is 1.59 bits per heavy atom. The van der Waals surface area contributed by atoms with Crippen LogP contribution in [0.2, 0.25) is 20.1 Å². The van der Waals surface area contributed by atoms with Crippen LogP contribution in [0.3, 0.4) is 0 Å². The van der Waals surface area contributed by atoms with E-state index in [9.17, 15) is 9.59 Å². The molecule has 1 heterocycles. The van der Waals surface area contributed by atoms with Gasteiger partial charge in [0.25, 0.3) is 5.91 Å². The SMILES string of the molecule is Cc1ccc(CN2C(=O)N/C(=C/c3cc(Cl)c(OCc4ccc(Cl)cc4Cl)c(Cl)c3)C2=O)cc1. The molecule has 0 spiro atoms. The van der Waals surface area contributed by atoms with E-state index >= 15 is 0 Å². The van der Waals surface area contributed by atoms with Crippen molar-refractivity contribution in [1.82, 2.24) is 10.2 Å². The van der Waals surface area contributed by atoms with Gasteiger partial charge in [-0.1, -0.05) is 82.3 Å². The van der Waals surface area contributed by atoms with E-state index in [4.69, 9.17) is 51.1 Å². The molecule has 3 aromatic rings. The summed E-state index contributed by atoms with van der Waals surface area (Å²) in [7, 11) is 0. The lowest BCUT2D eigenvalue weighted by Gasteiger charge is -2.12. The minimum absolute atomic E-state index is 0.130. The molecule has 1 aliphatic rings. The van der Waals surface area contributed by atoms with Crippen LogP contribution in [0, 0.1) is 6.92 Å². The Hall–Kier alpha value is -2.70. The quantitative estimate of drug-likeness (QED) is 0.266. The van der Waals surface area contributed by atoms with Gasteiger partial charge in [-0.15, -0.1) is 0 Å². The largest absolute Gasteiger partial charge is 0.486 e. The summed E-state index contributed by atoms with van der Waals surface area (Å²) in [5, 5.41) is 4.08. The molecule has 1 aliphatic heterocycles. The molecule has 0 saturated carbocycles. The molecule has 174 valence electrons.